The minimum Gasteiger partial charge on any atom is -0.371 e. The lowest BCUT2D eigenvalue weighted by Gasteiger charge is -2.10. The smallest absolute Gasteiger partial charge is 0.0846 e. The Kier molecular flexibility index (Phi) is 3.89. The summed E-state index contributed by atoms with van der Waals surface area (Å²) in [5.41, 5.74) is 1.02. The van der Waals surface area contributed by atoms with Gasteiger partial charge < -0.3 is 5.32 Å². The van der Waals surface area contributed by atoms with Crippen molar-refractivity contribution in [3.63, 3.8) is 0 Å². The molecule has 0 radical (unpaired) electrons. The van der Waals surface area contributed by atoms with Crippen LogP contribution in [0.5, 0.6) is 0 Å². The molecule has 1 N–H and O–H groups in total. The maximum absolute atomic E-state index is 5.81. The Morgan fingerprint density at radius 3 is 2.85 bits per heavy atom. The number of benzene rings is 1. The van der Waals surface area contributed by atoms with Crippen LogP contribution in [0.3, 0.4) is 0 Å². The van der Waals surface area contributed by atoms with Crippen LogP contribution in [0, 0.1) is 15.9 Å². The zero-order valence-corrected chi connectivity index (χ0v) is 10.1. The molecule has 1 aromatic rings. The predicted molar refractivity (Wildman–Crippen MR) is 66.1 cm³/mol. The first-order valence-electron chi connectivity index (χ1n) is 3.81. The second-order valence-electron chi connectivity index (χ2n) is 2.66. The summed E-state index contributed by atoms with van der Waals surface area (Å²) in [5.74, 6) is 2.61. The van der Waals surface area contributed by atoms with Crippen molar-refractivity contribution in [1.82, 2.24) is 0 Å². The van der Waals surface area contributed by atoms with Crippen molar-refractivity contribution in [2.75, 3.05) is 5.32 Å². The van der Waals surface area contributed by atoms with Gasteiger partial charge in [0, 0.05) is 14.3 Å². The summed E-state index contributed by atoms with van der Waals surface area (Å²) < 4.78 is 1.08. The van der Waals surface area contributed by atoms with E-state index in [4.69, 9.17) is 18.0 Å². The van der Waals surface area contributed by atoms with Gasteiger partial charge in [0.05, 0.1) is 6.04 Å². The standard InChI is InChI=1S/C10H9ClIN/c1-3-7(2)13-10-5-4-8(11)6-9(10)12/h1,4-7,13H,2H3. The molecule has 1 nitrogen and oxygen atoms in total. The maximum Gasteiger partial charge on any atom is 0.0846 e. The first kappa shape index (κ1) is 10.7. The Morgan fingerprint density at radius 1 is 1.62 bits per heavy atom. The molecule has 0 spiro atoms. The van der Waals surface area contributed by atoms with E-state index >= 15 is 0 Å². The highest BCUT2D eigenvalue weighted by Gasteiger charge is 2.02. The van der Waals surface area contributed by atoms with Gasteiger partial charge in [-0.3, -0.25) is 0 Å². The van der Waals surface area contributed by atoms with Gasteiger partial charge in [0.2, 0.25) is 0 Å². The van der Waals surface area contributed by atoms with Gasteiger partial charge in [0.15, 0.2) is 0 Å². The van der Waals surface area contributed by atoms with Gasteiger partial charge in [-0.1, -0.05) is 17.5 Å². The van der Waals surface area contributed by atoms with Crippen molar-refractivity contribution < 1.29 is 0 Å². The van der Waals surface area contributed by atoms with Crippen molar-refractivity contribution in [3.05, 3.63) is 26.8 Å². The molecule has 0 saturated carbocycles. The second kappa shape index (κ2) is 4.73. The molecular weight excluding hydrogens is 296 g/mol. The zero-order chi connectivity index (χ0) is 9.84. The Hall–Kier alpha value is -0.400. The fourth-order valence-corrected chi connectivity index (χ4v) is 1.91. The van der Waals surface area contributed by atoms with E-state index in [1.165, 1.54) is 0 Å². The summed E-state index contributed by atoms with van der Waals surface area (Å²) in [6.45, 7) is 1.94. The van der Waals surface area contributed by atoms with E-state index in [0.717, 1.165) is 14.3 Å². The number of anilines is 1. The Bertz CT molecular complexity index is 343. The molecule has 1 aromatic carbocycles. The van der Waals surface area contributed by atoms with E-state index in [-0.39, 0.29) is 6.04 Å². The van der Waals surface area contributed by atoms with E-state index in [1.54, 1.807) is 0 Å². The molecule has 0 aliphatic heterocycles. The normalized spacial score (nSPS) is 11.8. The SMILES string of the molecule is C#CC(C)Nc1ccc(Cl)cc1I. The predicted octanol–water partition coefficient (Wildman–Crippen LogP) is 3.38. The molecule has 0 amide bonds. The summed E-state index contributed by atoms with van der Waals surface area (Å²) >= 11 is 8.03. The third-order valence-electron chi connectivity index (χ3n) is 1.55. The van der Waals surface area contributed by atoms with Crippen molar-refractivity contribution in [2.24, 2.45) is 0 Å². The van der Waals surface area contributed by atoms with Crippen LogP contribution in [0.25, 0.3) is 0 Å². The minimum absolute atomic E-state index is 0.0368. The Balaban J connectivity index is 2.85. The second-order valence-corrected chi connectivity index (χ2v) is 4.26. The van der Waals surface area contributed by atoms with Crippen LogP contribution in [-0.2, 0) is 0 Å². The molecule has 13 heavy (non-hydrogen) atoms. The molecule has 1 atom stereocenters. The molecule has 0 aliphatic carbocycles. The lowest BCUT2D eigenvalue weighted by molar-refractivity contribution is 1.03. The number of terminal acetylenes is 1. The first-order chi connectivity index (χ1) is 6.13. The molecule has 1 rings (SSSR count). The number of rotatable bonds is 2. The maximum atomic E-state index is 5.81. The van der Waals surface area contributed by atoms with E-state index < -0.39 is 0 Å². The van der Waals surface area contributed by atoms with Crippen LogP contribution < -0.4 is 5.32 Å². The van der Waals surface area contributed by atoms with E-state index in [9.17, 15) is 0 Å². The third-order valence-corrected chi connectivity index (χ3v) is 2.68. The number of hydrogen-bond donors (Lipinski definition) is 1. The van der Waals surface area contributed by atoms with Crippen molar-refractivity contribution in [1.29, 1.82) is 0 Å². The van der Waals surface area contributed by atoms with Gasteiger partial charge in [-0.15, -0.1) is 6.42 Å². The average Bonchev–Trinajstić information content (AvgIpc) is 2.09. The molecule has 0 saturated heterocycles. The van der Waals surface area contributed by atoms with E-state index in [0.29, 0.717) is 0 Å². The summed E-state index contributed by atoms with van der Waals surface area (Å²) in [6, 6.07) is 5.70. The molecule has 1 unspecified atom stereocenters. The van der Waals surface area contributed by atoms with Crippen LogP contribution >= 0.6 is 34.2 Å². The van der Waals surface area contributed by atoms with Gasteiger partial charge in [-0.05, 0) is 47.7 Å². The monoisotopic (exact) mass is 305 g/mol. The van der Waals surface area contributed by atoms with E-state index in [2.05, 4.69) is 33.8 Å². The van der Waals surface area contributed by atoms with Crippen LogP contribution in [0.1, 0.15) is 6.92 Å². The van der Waals surface area contributed by atoms with Crippen molar-refractivity contribution in [2.45, 2.75) is 13.0 Å². The van der Waals surface area contributed by atoms with Gasteiger partial charge >= 0.3 is 0 Å². The number of halogens is 2. The van der Waals surface area contributed by atoms with Crippen molar-refractivity contribution >= 4 is 39.9 Å². The summed E-state index contributed by atoms with van der Waals surface area (Å²) in [5, 5.41) is 3.92. The van der Waals surface area contributed by atoms with Crippen LogP contribution in [0.2, 0.25) is 5.02 Å². The summed E-state index contributed by atoms with van der Waals surface area (Å²) in [6.07, 6.45) is 5.26. The summed E-state index contributed by atoms with van der Waals surface area (Å²) in [4.78, 5) is 0. The first-order valence-corrected chi connectivity index (χ1v) is 5.27. The van der Waals surface area contributed by atoms with Gasteiger partial charge in [-0.2, -0.15) is 0 Å². The molecule has 68 valence electrons. The number of hydrogen-bond acceptors (Lipinski definition) is 1. The molecule has 0 bridgehead atoms. The van der Waals surface area contributed by atoms with Gasteiger partial charge in [-0.25, -0.2) is 0 Å². The summed E-state index contributed by atoms with van der Waals surface area (Å²) in [7, 11) is 0. The van der Waals surface area contributed by atoms with Gasteiger partial charge in [0.1, 0.15) is 0 Å². The van der Waals surface area contributed by atoms with Crippen LogP contribution in [0.15, 0.2) is 18.2 Å². The Morgan fingerprint density at radius 2 is 2.31 bits per heavy atom. The van der Waals surface area contributed by atoms with Crippen LogP contribution in [0.4, 0.5) is 5.69 Å². The highest BCUT2D eigenvalue weighted by molar-refractivity contribution is 14.1. The lowest BCUT2D eigenvalue weighted by Crippen LogP contribution is -2.12. The molecule has 0 heterocycles. The molecule has 3 heteroatoms. The van der Waals surface area contributed by atoms with E-state index in [1.807, 2.05) is 25.1 Å². The fraction of sp³-hybridized carbons (Fsp3) is 0.200. The highest BCUT2D eigenvalue weighted by Crippen LogP contribution is 2.22. The number of nitrogens with one attached hydrogen (secondary N) is 1. The molecule has 0 aliphatic rings. The van der Waals surface area contributed by atoms with Crippen LogP contribution in [-0.4, -0.2) is 6.04 Å². The molecule has 0 aromatic heterocycles. The highest BCUT2D eigenvalue weighted by atomic mass is 127. The molecule has 0 fully saturated rings. The van der Waals surface area contributed by atoms with Crippen molar-refractivity contribution in [3.8, 4) is 12.3 Å². The largest absolute Gasteiger partial charge is 0.371 e. The topological polar surface area (TPSA) is 12.0 Å². The molecular formula is C10H9ClIN. The quantitative estimate of drug-likeness (QED) is 0.652. The zero-order valence-electron chi connectivity index (χ0n) is 7.14. The average molecular weight is 306 g/mol. The fourth-order valence-electron chi connectivity index (χ4n) is 0.881. The Labute approximate surface area is 97.0 Å². The lowest BCUT2D eigenvalue weighted by atomic mass is 10.3. The third kappa shape index (κ3) is 3.09. The van der Waals surface area contributed by atoms with Gasteiger partial charge in [0.25, 0.3) is 0 Å². The minimum atomic E-state index is 0.0368.